The van der Waals surface area contributed by atoms with Crippen LogP contribution in [0, 0.1) is 12.8 Å². The van der Waals surface area contributed by atoms with Crippen molar-refractivity contribution in [1.29, 1.82) is 0 Å². The molecule has 42 heavy (non-hydrogen) atoms. The molecule has 3 aromatic rings. The van der Waals surface area contributed by atoms with Gasteiger partial charge in [0.25, 0.3) is 17.4 Å². The average molecular weight is 593 g/mol. The predicted molar refractivity (Wildman–Crippen MR) is 159 cm³/mol. The molecule has 2 aromatic heterocycles. The van der Waals surface area contributed by atoms with Crippen LogP contribution >= 0.6 is 11.3 Å². The van der Waals surface area contributed by atoms with Crippen LogP contribution in [0.4, 0.5) is 0 Å². The third kappa shape index (κ3) is 7.90. The molecule has 0 saturated heterocycles. The lowest BCUT2D eigenvalue weighted by atomic mass is 10.0. The minimum absolute atomic E-state index is 0.0807. The third-order valence-corrected chi connectivity index (χ3v) is 7.96. The number of nitrogens with one attached hydrogen (secondary N) is 5. The zero-order valence-electron chi connectivity index (χ0n) is 23.9. The van der Waals surface area contributed by atoms with Gasteiger partial charge in [-0.3, -0.25) is 24.0 Å². The number of carbonyl (C=O) groups excluding carboxylic acids is 4. The smallest absolute Gasteiger partial charge is 0.271 e. The number of H-pyrrole nitrogens is 1. The van der Waals surface area contributed by atoms with E-state index in [0.29, 0.717) is 36.5 Å². The molecule has 0 saturated carbocycles. The summed E-state index contributed by atoms with van der Waals surface area (Å²) in [4.78, 5) is 72.3. The molecular weight excluding hydrogens is 556 g/mol. The number of nitrogens with zero attached hydrogens (tertiary/aromatic N) is 1. The first kappa shape index (κ1) is 30.6. The van der Waals surface area contributed by atoms with Gasteiger partial charge in [0.1, 0.15) is 28.3 Å². The molecule has 3 heterocycles. The molecule has 1 aliphatic heterocycles. The number of rotatable bonds is 5. The SMILES string of the molecule is Cc1ccc(C(=O)N[C@H]2CCCCNC(=O)[C@@H](Cc3ccccc3)NC(=O)c3csc(n3)[C@@H](C(C)C)NC2=O)c(=O)[nH]1. The number of hydrogen-bond acceptors (Lipinski definition) is 7. The highest BCUT2D eigenvalue weighted by Crippen LogP contribution is 2.26. The van der Waals surface area contributed by atoms with Crippen molar-refractivity contribution in [2.24, 2.45) is 5.92 Å². The normalized spacial score (nSPS) is 20.4. The van der Waals surface area contributed by atoms with E-state index in [-0.39, 0.29) is 29.5 Å². The molecule has 4 rings (SSSR count). The maximum absolute atomic E-state index is 13.5. The molecule has 1 aliphatic rings. The number of fused-ring (bicyclic) bond motifs is 2. The monoisotopic (exact) mass is 592 g/mol. The Morgan fingerprint density at radius 2 is 1.79 bits per heavy atom. The van der Waals surface area contributed by atoms with E-state index in [4.69, 9.17) is 0 Å². The van der Waals surface area contributed by atoms with E-state index >= 15 is 0 Å². The van der Waals surface area contributed by atoms with Gasteiger partial charge in [0.15, 0.2) is 0 Å². The third-order valence-electron chi connectivity index (χ3n) is 7.03. The van der Waals surface area contributed by atoms with Crippen molar-refractivity contribution in [3.05, 3.63) is 85.7 Å². The molecule has 0 unspecified atom stereocenters. The number of pyridine rings is 1. The van der Waals surface area contributed by atoms with Gasteiger partial charge in [0.05, 0.1) is 6.04 Å². The van der Waals surface area contributed by atoms with E-state index in [1.165, 1.54) is 17.4 Å². The van der Waals surface area contributed by atoms with Crippen molar-refractivity contribution in [1.82, 2.24) is 31.2 Å². The number of amides is 4. The quantitative estimate of drug-likeness (QED) is 0.306. The van der Waals surface area contributed by atoms with Crippen molar-refractivity contribution in [3.8, 4) is 0 Å². The topological polar surface area (TPSA) is 162 Å². The van der Waals surface area contributed by atoms with Crippen LogP contribution in [0.2, 0.25) is 0 Å². The van der Waals surface area contributed by atoms with E-state index in [9.17, 15) is 24.0 Å². The summed E-state index contributed by atoms with van der Waals surface area (Å²) in [6.45, 7) is 5.87. The van der Waals surface area contributed by atoms with Gasteiger partial charge in [-0.05, 0) is 49.8 Å². The highest BCUT2D eigenvalue weighted by atomic mass is 32.1. The van der Waals surface area contributed by atoms with Crippen LogP contribution in [0.1, 0.15) is 76.3 Å². The Kier molecular flexibility index (Phi) is 10.2. The van der Waals surface area contributed by atoms with Crippen LogP contribution in [-0.2, 0) is 16.0 Å². The molecule has 222 valence electrons. The molecule has 4 amide bonds. The highest BCUT2D eigenvalue weighted by molar-refractivity contribution is 7.09. The number of benzene rings is 1. The second-order valence-corrected chi connectivity index (χ2v) is 11.6. The summed E-state index contributed by atoms with van der Waals surface area (Å²) in [7, 11) is 0. The van der Waals surface area contributed by atoms with Gasteiger partial charge in [-0.15, -0.1) is 11.3 Å². The second-order valence-electron chi connectivity index (χ2n) is 10.7. The minimum Gasteiger partial charge on any atom is -0.354 e. The molecule has 12 heteroatoms. The van der Waals surface area contributed by atoms with Crippen molar-refractivity contribution >= 4 is 35.0 Å². The molecule has 0 aliphatic carbocycles. The second kappa shape index (κ2) is 14.0. The van der Waals surface area contributed by atoms with Crippen LogP contribution in [0.25, 0.3) is 0 Å². The Hall–Kier alpha value is -4.32. The summed E-state index contributed by atoms with van der Waals surface area (Å²) in [6.07, 6.45) is 1.64. The van der Waals surface area contributed by atoms with Gasteiger partial charge >= 0.3 is 0 Å². The van der Waals surface area contributed by atoms with Gasteiger partial charge in [-0.25, -0.2) is 4.98 Å². The Labute approximate surface area is 247 Å². The van der Waals surface area contributed by atoms with Crippen LogP contribution in [0.5, 0.6) is 0 Å². The van der Waals surface area contributed by atoms with Gasteiger partial charge in [-0.1, -0.05) is 44.2 Å². The van der Waals surface area contributed by atoms with Gasteiger partial charge in [0, 0.05) is 24.0 Å². The molecule has 0 radical (unpaired) electrons. The van der Waals surface area contributed by atoms with Crippen molar-refractivity contribution in [2.45, 2.75) is 64.6 Å². The summed E-state index contributed by atoms with van der Waals surface area (Å²) in [6, 6.07) is 10.2. The van der Waals surface area contributed by atoms with E-state index in [1.807, 2.05) is 44.2 Å². The molecule has 1 aromatic carbocycles. The predicted octanol–water partition coefficient (Wildman–Crippen LogP) is 2.39. The Morgan fingerprint density at radius 1 is 1.02 bits per heavy atom. The number of carbonyl (C=O) groups is 4. The number of hydrogen-bond donors (Lipinski definition) is 5. The van der Waals surface area contributed by atoms with Gasteiger partial charge < -0.3 is 26.3 Å². The number of aryl methyl sites for hydroxylation is 1. The molecule has 0 fully saturated rings. The first-order chi connectivity index (χ1) is 20.1. The van der Waals surface area contributed by atoms with Gasteiger partial charge in [0.2, 0.25) is 11.8 Å². The Morgan fingerprint density at radius 3 is 2.50 bits per heavy atom. The molecule has 11 nitrogen and oxygen atoms in total. The standard InChI is InChI=1S/C30H36N6O5S/c1-17(2)24-30-35-23(16-42-30)29(41)34-22(15-19-9-5-4-6-10-19)27(39)31-14-8-7-11-21(28(40)36-24)33-26(38)20-13-12-18(3)32-25(20)37/h4-6,9-10,12-13,16-17,21-22,24H,7-8,11,14-15H2,1-3H3,(H,31,39)(H,32,37)(H,33,38)(H,34,41)(H,36,40)/t21-,22+,24+/m0/s1. The van der Waals surface area contributed by atoms with E-state index in [1.54, 1.807) is 18.4 Å². The van der Waals surface area contributed by atoms with Crippen molar-refractivity contribution in [3.63, 3.8) is 0 Å². The Bertz CT molecular complexity index is 1480. The largest absolute Gasteiger partial charge is 0.354 e. The summed E-state index contributed by atoms with van der Waals surface area (Å²) in [5, 5.41) is 13.5. The summed E-state index contributed by atoms with van der Waals surface area (Å²) in [5.41, 5.74) is 1.04. The lowest BCUT2D eigenvalue weighted by molar-refractivity contribution is -0.124. The van der Waals surface area contributed by atoms with Crippen LogP contribution < -0.4 is 26.8 Å². The maximum Gasteiger partial charge on any atom is 0.271 e. The first-order valence-corrected chi connectivity index (χ1v) is 14.9. The van der Waals surface area contributed by atoms with E-state index in [0.717, 1.165) is 5.56 Å². The van der Waals surface area contributed by atoms with E-state index in [2.05, 4.69) is 31.2 Å². The number of aromatic amines is 1. The maximum atomic E-state index is 13.5. The van der Waals surface area contributed by atoms with Gasteiger partial charge in [-0.2, -0.15) is 0 Å². The molecule has 0 spiro atoms. The summed E-state index contributed by atoms with van der Waals surface area (Å²) in [5.74, 6) is -1.97. The van der Waals surface area contributed by atoms with Crippen LogP contribution in [-0.4, -0.2) is 52.2 Å². The zero-order valence-corrected chi connectivity index (χ0v) is 24.7. The number of aromatic nitrogens is 2. The Balaban J connectivity index is 1.59. The summed E-state index contributed by atoms with van der Waals surface area (Å²) >= 11 is 1.23. The lowest BCUT2D eigenvalue weighted by Crippen LogP contribution is -2.49. The van der Waals surface area contributed by atoms with Crippen LogP contribution in [0.15, 0.2) is 52.6 Å². The highest BCUT2D eigenvalue weighted by Gasteiger charge is 2.30. The summed E-state index contributed by atoms with van der Waals surface area (Å²) < 4.78 is 0. The van der Waals surface area contributed by atoms with Crippen molar-refractivity contribution < 1.29 is 19.2 Å². The fraction of sp³-hybridized carbons (Fsp3) is 0.400. The molecule has 2 bridgehead atoms. The minimum atomic E-state index is -0.934. The molecule has 3 atom stereocenters. The molecular formula is C30H36N6O5S. The number of thiazole rings is 1. The van der Waals surface area contributed by atoms with Crippen LogP contribution in [0.3, 0.4) is 0 Å². The van der Waals surface area contributed by atoms with Crippen molar-refractivity contribution in [2.75, 3.05) is 6.54 Å². The van der Waals surface area contributed by atoms with E-state index < -0.39 is 41.4 Å². The fourth-order valence-corrected chi connectivity index (χ4v) is 5.68. The fourth-order valence-electron chi connectivity index (χ4n) is 4.66. The first-order valence-electron chi connectivity index (χ1n) is 14.0. The zero-order chi connectivity index (χ0) is 30.2. The molecule has 5 N–H and O–H groups in total. The average Bonchev–Trinajstić information content (AvgIpc) is 3.44. The lowest BCUT2D eigenvalue weighted by Gasteiger charge is -2.25.